The highest BCUT2D eigenvalue weighted by Crippen LogP contribution is 2.43. The van der Waals surface area contributed by atoms with Crippen molar-refractivity contribution in [2.75, 3.05) is 19.6 Å². The van der Waals surface area contributed by atoms with E-state index in [1.807, 2.05) is 31.2 Å². The standard InChI is InChI=1S/C24H22F6N2O3/c1-14-4-2-3-5-18(14)19-13-31-21(34)35-22(19)6-8-32(9-7-22)20(33)15-10-16(23(25,26)27)12-17(11-15)24(28,29)30/h2-5,10-12,19H,6-9,13H2,1H3,(H,31,34). The van der Waals surface area contributed by atoms with Crippen molar-refractivity contribution in [2.24, 2.45) is 0 Å². The number of hydrogen-bond acceptors (Lipinski definition) is 3. The molecular weight excluding hydrogens is 478 g/mol. The van der Waals surface area contributed by atoms with Crippen LogP contribution in [0.15, 0.2) is 42.5 Å². The Kier molecular flexibility index (Phi) is 6.23. The van der Waals surface area contributed by atoms with Crippen LogP contribution in [0.1, 0.15) is 51.4 Å². The second kappa shape index (κ2) is 8.76. The highest BCUT2D eigenvalue weighted by atomic mass is 19.4. The first kappa shape index (κ1) is 24.9. The van der Waals surface area contributed by atoms with Gasteiger partial charge in [0.2, 0.25) is 0 Å². The highest BCUT2D eigenvalue weighted by Gasteiger charge is 2.49. The van der Waals surface area contributed by atoms with Crippen LogP contribution in [0.4, 0.5) is 31.1 Å². The van der Waals surface area contributed by atoms with E-state index in [-0.39, 0.29) is 37.9 Å². The smallest absolute Gasteiger partial charge is 0.416 e. The molecule has 1 spiro atoms. The van der Waals surface area contributed by atoms with Crippen LogP contribution in [-0.4, -0.2) is 42.1 Å². The first-order valence-corrected chi connectivity index (χ1v) is 10.9. The van der Waals surface area contributed by atoms with Crippen LogP contribution in [0.5, 0.6) is 0 Å². The third kappa shape index (κ3) is 4.94. The monoisotopic (exact) mass is 500 g/mol. The zero-order chi connectivity index (χ0) is 25.6. The predicted molar refractivity (Wildman–Crippen MR) is 113 cm³/mol. The molecular formula is C24H22F6N2O3. The third-order valence-corrected chi connectivity index (χ3v) is 6.68. The van der Waals surface area contributed by atoms with Crippen molar-refractivity contribution in [2.45, 2.75) is 43.6 Å². The molecule has 2 amide bonds. The summed E-state index contributed by atoms with van der Waals surface area (Å²) in [4.78, 5) is 26.2. The summed E-state index contributed by atoms with van der Waals surface area (Å²) in [5, 5.41) is 2.68. The number of piperidine rings is 1. The van der Waals surface area contributed by atoms with Gasteiger partial charge in [-0.15, -0.1) is 0 Å². The lowest BCUT2D eigenvalue weighted by Gasteiger charge is -2.48. The minimum atomic E-state index is -5.05. The van der Waals surface area contributed by atoms with Crippen LogP contribution in [0.2, 0.25) is 0 Å². The summed E-state index contributed by atoms with van der Waals surface area (Å²) in [7, 11) is 0. The van der Waals surface area contributed by atoms with E-state index in [0.29, 0.717) is 18.7 Å². The molecule has 0 aliphatic carbocycles. The number of carbonyl (C=O) groups excluding carboxylic acids is 2. The Bertz CT molecular complexity index is 1100. The number of ether oxygens (including phenoxy) is 1. The molecule has 5 nitrogen and oxygen atoms in total. The van der Waals surface area contributed by atoms with Crippen molar-refractivity contribution < 1.29 is 40.7 Å². The number of halogens is 6. The maximum absolute atomic E-state index is 13.2. The number of nitrogens with one attached hydrogen (secondary N) is 1. The number of alkyl carbamates (subject to hydrolysis) is 1. The minimum Gasteiger partial charge on any atom is -0.442 e. The number of carbonyl (C=O) groups is 2. The van der Waals surface area contributed by atoms with Crippen molar-refractivity contribution in [3.8, 4) is 0 Å². The van der Waals surface area contributed by atoms with E-state index in [1.54, 1.807) is 0 Å². The zero-order valence-corrected chi connectivity index (χ0v) is 18.6. The molecule has 1 atom stereocenters. The van der Waals surface area contributed by atoms with Crippen LogP contribution in [0, 0.1) is 6.92 Å². The van der Waals surface area contributed by atoms with E-state index >= 15 is 0 Å². The molecule has 0 radical (unpaired) electrons. The normalized spacial score (nSPS) is 20.4. The Labute approximate surface area is 197 Å². The largest absolute Gasteiger partial charge is 0.442 e. The summed E-state index contributed by atoms with van der Waals surface area (Å²) in [5.41, 5.74) is -2.79. The fourth-order valence-corrected chi connectivity index (χ4v) is 4.83. The maximum atomic E-state index is 13.2. The van der Waals surface area contributed by atoms with Crippen molar-refractivity contribution in [1.82, 2.24) is 10.2 Å². The van der Waals surface area contributed by atoms with E-state index in [0.717, 1.165) is 11.1 Å². The van der Waals surface area contributed by atoms with Crippen LogP contribution in [0.3, 0.4) is 0 Å². The molecule has 2 aliphatic rings. The molecule has 188 valence electrons. The van der Waals surface area contributed by atoms with Gasteiger partial charge in [0, 0.05) is 44.0 Å². The Morgan fingerprint density at radius 3 is 2.11 bits per heavy atom. The number of nitrogens with zero attached hydrogens (tertiary/aromatic N) is 1. The SMILES string of the molecule is Cc1ccccc1C1CNC(=O)OC12CCN(C(=O)c1cc(C(F)(F)F)cc(C(F)(F)F)c1)CC2. The maximum Gasteiger partial charge on any atom is 0.416 e. The van der Waals surface area contributed by atoms with Gasteiger partial charge >= 0.3 is 18.4 Å². The Balaban J connectivity index is 1.60. The van der Waals surface area contributed by atoms with Gasteiger partial charge in [-0.25, -0.2) is 4.79 Å². The molecule has 0 saturated carbocycles. The second-order valence-electron chi connectivity index (χ2n) is 8.83. The third-order valence-electron chi connectivity index (χ3n) is 6.68. The van der Waals surface area contributed by atoms with Gasteiger partial charge < -0.3 is 15.0 Å². The lowest BCUT2D eigenvalue weighted by molar-refractivity contribution is -0.143. The van der Waals surface area contributed by atoms with Crippen molar-refractivity contribution >= 4 is 12.0 Å². The van der Waals surface area contributed by atoms with Crippen LogP contribution < -0.4 is 5.32 Å². The first-order chi connectivity index (χ1) is 16.3. The Morgan fingerprint density at radius 1 is 1.00 bits per heavy atom. The number of benzene rings is 2. The van der Waals surface area contributed by atoms with Gasteiger partial charge in [-0.3, -0.25) is 4.79 Å². The van der Waals surface area contributed by atoms with Gasteiger partial charge in [-0.2, -0.15) is 26.3 Å². The van der Waals surface area contributed by atoms with Crippen molar-refractivity contribution in [3.63, 3.8) is 0 Å². The Hall–Kier alpha value is -3.24. The van der Waals surface area contributed by atoms with Gasteiger partial charge in [0.1, 0.15) is 5.60 Å². The van der Waals surface area contributed by atoms with E-state index in [1.165, 1.54) is 4.90 Å². The topological polar surface area (TPSA) is 58.6 Å². The number of hydrogen-bond donors (Lipinski definition) is 1. The molecule has 0 aromatic heterocycles. The minimum absolute atomic E-state index is 0.00604. The molecule has 2 aromatic carbocycles. The van der Waals surface area contributed by atoms with Crippen LogP contribution in [-0.2, 0) is 17.1 Å². The van der Waals surface area contributed by atoms with E-state index in [9.17, 15) is 35.9 Å². The Morgan fingerprint density at radius 2 is 1.57 bits per heavy atom. The fraction of sp³-hybridized carbons (Fsp3) is 0.417. The lowest BCUT2D eigenvalue weighted by atomic mass is 9.73. The van der Waals surface area contributed by atoms with Gasteiger partial charge in [0.05, 0.1) is 11.1 Å². The fourth-order valence-electron chi connectivity index (χ4n) is 4.83. The molecule has 2 saturated heterocycles. The molecule has 1 unspecified atom stereocenters. The van der Waals surface area contributed by atoms with Gasteiger partial charge in [-0.1, -0.05) is 24.3 Å². The first-order valence-electron chi connectivity index (χ1n) is 10.9. The van der Waals surface area contributed by atoms with Gasteiger partial charge in [-0.05, 0) is 36.2 Å². The molecule has 35 heavy (non-hydrogen) atoms. The average Bonchev–Trinajstić information content (AvgIpc) is 2.78. The summed E-state index contributed by atoms with van der Waals surface area (Å²) >= 11 is 0. The highest BCUT2D eigenvalue weighted by molar-refractivity contribution is 5.94. The number of amides is 2. The summed E-state index contributed by atoms with van der Waals surface area (Å²) in [5.74, 6) is -1.17. The molecule has 2 fully saturated rings. The number of likely N-dealkylation sites (tertiary alicyclic amines) is 1. The molecule has 2 aromatic rings. The second-order valence-corrected chi connectivity index (χ2v) is 8.83. The molecule has 2 heterocycles. The molecule has 1 N–H and O–H groups in total. The predicted octanol–water partition coefficient (Wildman–Crippen LogP) is 5.53. The van der Waals surface area contributed by atoms with Crippen molar-refractivity contribution in [1.29, 1.82) is 0 Å². The van der Waals surface area contributed by atoms with E-state index < -0.39 is 46.6 Å². The molecule has 11 heteroatoms. The van der Waals surface area contributed by atoms with E-state index in [4.69, 9.17) is 4.74 Å². The summed E-state index contributed by atoms with van der Waals surface area (Å²) in [6, 6.07) is 8.43. The summed E-state index contributed by atoms with van der Waals surface area (Å²) < 4.78 is 85.0. The summed E-state index contributed by atoms with van der Waals surface area (Å²) in [6.07, 6.45) is -10.3. The molecule has 0 bridgehead atoms. The lowest BCUT2D eigenvalue weighted by Crippen LogP contribution is -2.58. The van der Waals surface area contributed by atoms with Gasteiger partial charge in [0.15, 0.2) is 0 Å². The van der Waals surface area contributed by atoms with Crippen LogP contribution in [0.25, 0.3) is 0 Å². The number of alkyl halides is 6. The average molecular weight is 500 g/mol. The van der Waals surface area contributed by atoms with Gasteiger partial charge in [0.25, 0.3) is 5.91 Å². The molecule has 2 aliphatic heterocycles. The summed E-state index contributed by atoms with van der Waals surface area (Å²) in [6.45, 7) is 2.24. The molecule has 4 rings (SSSR count). The van der Waals surface area contributed by atoms with E-state index in [2.05, 4.69) is 5.32 Å². The number of aryl methyl sites for hydroxylation is 1. The quantitative estimate of drug-likeness (QED) is 0.552. The van der Waals surface area contributed by atoms with Crippen molar-refractivity contribution in [3.05, 3.63) is 70.3 Å². The zero-order valence-electron chi connectivity index (χ0n) is 18.6. The number of rotatable bonds is 2. The van der Waals surface area contributed by atoms with Crippen LogP contribution >= 0.6 is 0 Å².